The molecule has 1 heterocycles. The smallest absolute Gasteiger partial charge is 0.250 e. The summed E-state index contributed by atoms with van der Waals surface area (Å²) in [5.41, 5.74) is 3.98. The third-order valence-corrected chi connectivity index (χ3v) is 4.98. The molecule has 4 rings (SSSR count). The molecule has 0 bridgehead atoms. The van der Waals surface area contributed by atoms with Gasteiger partial charge in [-0.15, -0.1) is 0 Å². The average Bonchev–Trinajstić information content (AvgIpc) is 3.08. The van der Waals surface area contributed by atoms with E-state index >= 15 is 0 Å². The molecule has 27 heavy (non-hydrogen) atoms. The molecule has 0 fully saturated rings. The first-order valence-corrected chi connectivity index (χ1v) is 9.23. The van der Waals surface area contributed by atoms with Gasteiger partial charge in [-0.05, 0) is 41.0 Å². The van der Waals surface area contributed by atoms with Gasteiger partial charge in [0.15, 0.2) is 5.13 Å². The van der Waals surface area contributed by atoms with Gasteiger partial charge in [-0.1, -0.05) is 65.9 Å². The molecule has 0 saturated carbocycles. The lowest BCUT2D eigenvalue weighted by molar-refractivity contribution is -0.111. The molecular formula is C22H16N2O2S. The van der Waals surface area contributed by atoms with Crippen LogP contribution in [0.15, 0.2) is 78.9 Å². The number of anilines is 1. The Balaban J connectivity index is 1.43. The van der Waals surface area contributed by atoms with Crippen LogP contribution < -0.4 is 5.32 Å². The maximum absolute atomic E-state index is 12.1. The van der Waals surface area contributed by atoms with Crippen molar-refractivity contribution in [3.8, 4) is 16.9 Å². The monoisotopic (exact) mass is 372 g/mol. The van der Waals surface area contributed by atoms with Gasteiger partial charge < -0.3 is 5.11 Å². The van der Waals surface area contributed by atoms with Crippen molar-refractivity contribution >= 4 is 38.7 Å². The first-order valence-electron chi connectivity index (χ1n) is 8.41. The summed E-state index contributed by atoms with van der Waals surface area (Å²) in [6.45, 7) is 0. The van der Waals surface area contributed by atoms with Crippen molar-refractivity contribution in [3.05, 3.63) is 84.4 Å². The van der Waals surface area contributed by atoms with E-state index in [4.69, 9.17) is 0 Å². The van der Waals surface area contributed by atoms with E-state index in [9.17, 15) is 9.90 Å². The van der Waals surface area contributed by atoms with Crippen LogP contribution in [-0.4, -0.2) is 16.0 Å². The molecule has 0 aliphatic carbocycles. The van der Waals surface area contributed by atoms with Gasteiger partial charge in [0.2, 0.25) is 5.91 Å². The second kappa shape index (κ2) is 7.43. The number of nitrogens with zero attached hydrogens (tertiary/aromatic N) is 1. The summed E-state index contributed by atoms with van der Waals surface area (Å²) in [4.78, 5) is 16.5. The number of fused-ring (bicyclic) bond motifs is 1. The van der Waals surface area contributed by atoms with Crippen molar-refractivity contribution < 1.29 is 9.90 Å². The number of aromatic hydroxyl groups is 1. The van der Waals surface area contributed by atoms with E-state index in [0.29, 0.717) is 5.13 Å². The summed E-state index contributed by atoms with van der Waals surface area (Å²) in [6.07, 6.45) is 3.25. The van der Waals surface area contributed by atoms with Gasteiger partial charge in [0.1, 0.15) is 5.75 Å². The van der Waals surface area contributed by atoms with Crippen LogP contribution in [0, 0.1) is 0 Å². The SMILES string of the molecule is O=C(/C=C/c1ccc(-c2ccccc2)cc1)Nc1nc2ccc(O)cc2s1. The van der Waals surface area contributed by atoms with Gasteiger partial charge in [0.25, 0.3) is 0 Å². The number of amides is 1. The van der Waals surface area contributed by atoms with Gasteiger partial charge in [0.05, 0.1) is 10.2 Å². The lowest BCUT2D eigenvalue weighted by atomic mass is 10.0. The molecule has 2 N–H and O–H groups in total. The number of hydrogen-bond donors (Lipinski definition) is 2. The lowest BCUT2D eigenvalue weighted by Crippen LogP contribution is -2.07. The number of benzene rings is 3. The number of hydrogen-bond acceptors (Lipinski definition) is 4. The molecule has 132 valence electrons. The van der Waals surface area contributed by atoms with E-state index in [1.807, 2.05) is 42.5 Å². The highest BCUT2D eigenvalue weighted by Gasteiger charge is 2.06. The van der Waals surface area contributed by atoms with Crippen molar-refractivity contribution in [2.45, 2.75) is 0 Å². The Morgan fingerprint density at radius 1 is 0.963 bits per heavy atom. The van der Waals surface area contributed by atoms with Crippen LogP contribution in [0.25, 0.3) is 27.4 Å². The standard InChI is InChI=1S/C22H16N2O2S/c25-18-11-12-19-20(14-18)27-22(23-19)24-21(26)13-8-15-6-9-17(10-7-15)16-4-2-1-3-5-16/h1-14,25H,(H,23,24,26)/b13-8+. The molecule has 5 heteroatoms. The molecular weight excluding hydrogens is 356 g/mol. The number of nitrogens with one attached hydrogen (secondary N) is 1. The quantitative estimate of drug-likeness (QED) is 0.477. The van der Waals surface area contributed by atoms with Crippen molar-refractivity contribution in [2.24, 2.45) is 0 Å². The largest absolute Gasteiger partial charge is 0.508 e. The number of phenols is 1. The van der Waals surface area contributed by atoms with Crippen LogP contribution in [0.4, 0.5) is 5.13 Å². The summed E-state index contributed by atoms with van der Waals surface area (Å²) in [5, 5.41) is 12.8. The van der Waals surface area contributed by atoms with E-state index in [-0.39, 0.29) is 11.7 Å². The molecule has 1 amide bonds. The van der Waals surface area contributed by atoms with Gasteiger partial charge in [-0.2, -0.15) is 0 Å². The predicted octanol–water partition coefficient (Wildman–Crippen LogP) is 5.32. The summed E-state index contributed by atoms with van der Waals surface area (Å²) >= 11 is 1.32. The molecule has 0 aliphatic rings. The Hall–Kier alpha value is -3.44. The second-order valence-corrected chi connectivity index (χ2v) is 7.01. The lowest BCUT2D eigenvalue weighted by Gasteiger charge is -2.01. The number of thiazole rings is 1. The first-order chi connectivity index (χ1) is 13.2. The number of aromatic nitrogens is 1. The van der Waals surface area contributed by atoms with Crippen molar-refractivity contribution in [3.63, 3.8) is 0 Å². The molecule has 0 radical (unpaired) electrons. The second-order valence-electron chi connectivity index (χ2n) is 5.98. The van der Waals surface area contributed by atoms with Gasteiger partial charge >= 0.3 is 0 Å². The summed E-state index contributed by atoms with van der Waals surface area (Å²) in [6, 6.07) is 23.1. The maximum atomic E-state index is 12.1. The maximum Gasteiger partial charge on any atom is 0.250 e. The summed E-state index contributed by atoms with van der Waals surface area (Å²) < 4.78 is 0.825. The van der Waals surface area contributed by atoms with Crippen LogP contribution in [0.1, 0.15) is 5.56 Å². The Morgan fingerprint density at radius 3 is 2.48 bits per heavy atom. The highest BCUT2D eigenvalue weighted by atomic mass is 32.1. The molecule has 1 aromatic heterocycles. The van der Waals surface area contributed by atoms with Crippen molar-refractivity contribution in [1.29, 1.82) is 0 Å². The third kappa shape index (κ3) is 4.04. The summed E-state index contributed by atoms with van der Waals surface area (Å²) in [7, 11) is 0. The van der Waals surface area contributed by atoms with Crippen LogP contribution >= 0.6 is 11.3 Å². The Labute approximate surface area is 160 Å². The van der Waals surface area contributed by atoms with E-state index in [1.54, 1.807) is 24.3 Å². The minimum atomic E-state index is -0.245. The van der Waals surface area contributed by atoms with E-state index < -0.39 is 0 Å². The Kier molecular flexibility index (Phi) is 4.68. The topological polar surface area (TPSA) is 62.2 Å². The molecule has 4 aromatic rings. The Morgan fingerprint density at radius 2 is 1.70 bits per heavy atom. The van der Waals surface area contributed by atoms with Crippen LogP contribution in [0.2, 0.25) is 0 Å². The fraction of sp³-hybridized carbons (Fsp3) is 0. The molecule has 0 aliphatic heterocycles. The van der Waals surface area contributed by atoms with Crippen molar-refractivity contribution in [1.82, 2.24) is 4.98 Å². The Bertz CT molecular complexity index is 1120. The number of phenolic OH excluding ortho intramolecular Hbond substituents is 1. The van der Waals surface area contributed by atoms with Crippen molar-refractivity contribution in [2.75, 3.05) is 5.32 Å². The van der Waals surface area contributed by atoms with E-state index in [0.717, 1.165) is 26.9 Å². The molecule has 3 aromatic carbocycles. The normalized spacial score (nSPS) is 11.1. The summed E-state index contributed by atoms with van der Waals surface area (Å²) in [5.74, 6) is -0.0618. The molecule has 4 nitrogen and oxygen atoms in total. The van der Waals surface area contributed by atoms with Gasteiger partial charge in [0, 0.05) is 6.08 Å². The fourth-order valence-electron chi connectivity index (χ4n) is 2.70. The van der Waals surface area contributed by atoms with Crippen LogP contribution in [0.5, 0.6) is 5.75 Å². The highest BCUT2D eigenvalue weighted by molar-refractivity contribution is 7.22. The predicted molar refractivity (Wildman–Crippen MR) is 111 cm³/mol. The zero-order valence-electron chi connectivity index (χ0n) is 14.3. The minimum absolute atomic E-state index is 0.183. The molecule has 0 unspecified atom stereocenters. The number of carbonyl (C=O) groups is 1. The van der Waals surface area contributed by atoms with Crippen LogP contribution in [0.3, 0.4) is 0 Å². The first kappa shape index (κ1) is 17.0. The zero-order valence-corrected chi connectivity index (χ0v) is 15.1. The van der Waals surface area contributed by atoms with Gasteiger partial charge in [-0.3, -0.25) is 10.1 Å². The average molecular weight is 372 g/mol. The number of rotatable bonds is 4. The molecule has 0 atom stereocenters. The minimum Gasteiger partial charge on any atom is -0.508 e. The highest BCUT2D eigenvalue weighted by Crippen LogP contribution is 2.28. The van der Waals surface area contributed by atoms with Crippen LogP contribution in [-0.2, 0) is 4.79 Å². The van der Waals surface area contributed by atoms with Gasteiger partial charge in [-0.25, -0.2) is 4.98 Å². The molecule has 0 spiro atoms. The third-order valence-electron chi connectivity index (χ3n) is 4.05. The zero-order chi connectivity index (χ0) is 18.6. The molecule has 0 saturated heterocycles. The van der Waals surface area contributed by atoms with E-state index in [1.165, 1.54) is 17.4 Å². The fourth-order valence-corrected chi connectivity index (χ4v) is 3.60. The number of carbonyl (C=O) groups excluding carboxylic acids is 1. The van der Waals surface area contributed by atoms with E-state index in [2.05, 4.69) is 22.4 Å².